The Hall–Kier alpha value is -2.53. The van der Waals surface area contributed by atoms with Crippen LogP contribution < -0.4 is 10.0 Å². The number of hydrogen-bond donors (Lipinski definition) is 3. The molecule has 2 aromatic rings. The van der Waals surface area contributed by atoms with Gasteiger partial charge in [0, 0.05) is 19.5 Å². The van der Waals surface area contributed by atoms with Gasteiger partial charge >= 0.3 is 6.09 Å². The predicted molar refractivity (Wildman–Crippen MR) is 149 cm³/mol. The lowest BCUT2D eigenvalue weighted by atomic mass is 9.75. The molecule has 9 nitrogen and oxygen atoms in total. The van der Waals surface area contributed by atoms with Crippen LogP contribution in [-0.2, 0) is 14.8 Å². The van der Waals surface area contributed by atoms with Gasteiger partial charge in [0.25, 0.3) is 5.91 Å². The van der Waals surface area contributed by atoms with E-state index in [9.17, 15) is 23.1 Å². The fraction of sp³-hybridized carbons (Fsp3) is 0.462. The molecule has 0 aromatic heterocycles. The van der Waals surface area contributed by atoms with Crippen molar-refractivity contribution >= 4 is 50.9 Å². The number of hydrogen-bond acceptors (Lipinski definition) is 6. The molecule has 38 heavy (non-hydrogen) atoms. The fourth-order valence-electron chi connectivity index (χ4n) is 4.53. The number of aliphatic hydroxyl groups is 1. The Labute approximate surface area is 233 Å². The van der Waals surface area contributed by atoms with Crippen molar-refractivity contribution in [2.45, 2.75) is 51.2 Å². The molecule has 0 radical (unpaired) electrons. The van der Waals surface area contributed by atoms with Crippen LogP contribution in [0.4, 0.5) is 10.5 Å². The molecule has 0 saturated carbocycles. The Morgan fingerprint density at radius 3 is 2.37 bits per heavy atom. The molecule has 2 amide bonds. The van der Waals surface area contributed by atoms with E-state index in [1.54, 1.807) is 52.1 Å². The van der Waals surface area contributed by atoms with E-state index in [1.807, 2.05) is 6.07 Å². The van der Waals surface area contributed by atoms with Crippen molar-refractivity contribution in [3.05, 3.63) is 62.6 Å². The Balaban J connectivity index is 2.21. The van der Waals surface area contributed by atoms with Crippen LogP contribution in [0.15, 0.2) is 30.3 Å². The van der Waals surface area contributed by atoms with E-state index in [0.717, 1.165) is 17.4 Å². The van der Waals surface area contributed by atoms with Gasteiger partial charge in [0.1, 0.15) is 5.60 Å². The first-order valence-corrected chi connectivity index (χ1v) is 14.7. The summed E-state index contributed by atoms with van der Waals surface area (Å²) in [4.78, 5) is 27.5. The number of nitrogens with one attached hydrogen (secondary N) is 2. The van der Waals surface area contributed by atoms with E-state index in [-0.39, 0.29) is 30.3 Å². The summed E-state index contributed by atoms with van der Waals surface area (Å²) < 4.78 is 32.4. The highest BCUT2D eigenvalue weighted by Gasteiger charge is 2.36. The van der Waals surface area contributed by atoms with Crippen molar-refractivity contribution in [1.82, 2.24) is 10.2 Å². The Morgan fingerprint density at radius 2 is 1.79 bits per heavy atom. The van der Waals surface area contributed by atoms with Gasteiger partial charge in [-0.25, -0.2) is 13.2 Å². The highest BCUT2D eigenvalue weighted by molar-refractivity contribution is 7.92. The molecule has 0 unspecified atom stereocenters. The quantitative estimate of drug-likeness (QED) is 0.423. The molecule has 0 fully saturated rings. The standard InChI is InChI=1S/C26H33Cl2N3O6S/c1-26(2,3)37-25(34)31(4)23-9-7-16(15-6-8-20(27)21(28)12-15)17-13-19(24(33)29-10-11-32)22(14-18(17)23)30-38(5,35)36/h6,8,12-14,16,23,30,32H,7,9-11H2,1-5H3,(H,29,33)/t16-,23-/m0/s1. The minimum atomic E-state index is -3.75. The molecular formula is C26H33Cl2N3O6S. The van der Waals surface area contributed by atoms with Crippen LogP contribution in [0.5, 0.6) is 0 Å². The van der Waals surface area contributed by atoms with Gasteiger partial charge in [-0.05, 0) is 74.6 Å². The largest absolute Gasteiger partial charge is 0.444 e. The summed E-state index contributed by atoms with van der Waals surface area (Å²) in [6.45, 7) is 5.05. The molecule has 1 aliphatic carbocycles. The number of ether oxygens (including phenoxy) is 1. The number of halogens is 2. The average molecular weight is 587 g/mol. The normalized spacial score (nSPS) is 17.4. The van der Waals surface area contributed by atoms with Crippen LogP contribution in [-0.4, -0.2) is 62.5 Å². The number of nitrogens with zero attached hydrogens (tertiary/aromatic N) is 1. The summed E-state index contributed by atoms with van der Waals surface area (Å²) in [6, 6.07) is 8.11. The topological polar surface area (TPSA) is 125 Å². The van der Waals surface area contributed by atoms with Crippen LogP contribution in [0.3, 0.4) is 0 Å². The van der Waals surface area contributed by atoms with Crippen molar-refractivity contribution in [3.8, 4) is 0 Å². The third kappa shape index (κ3) is 7.31. The molecule has 12 heteroatoms. The van der Waals surface area contributed by atoms with Crippen molar-refractivity contribution in [2.75, 3.05) is 31.2 Å². The lowest BCUT2D eigenvalue weighted by Gasteiger charge is -2.38. The van der Waals surface area contributed by atoms with E-state index in [2.05, 4.69) is 10.0 Å². The number of benzene rings is 2. The van der Waals surface area contributed by atoms with E-state index in [1.165, 1.54) is 4.90 Å². The van der Waals surface area contributed by atoms with E-state index < -0.39 is 33.7 Å². The Kier molecular flexibility index (Phi) is 9.24. The molecule has 2 aromatic carbocycles. The Bertz CT molecular complexity index is 1330. The number of sulfonamides is 1. The summed E-state index contributed by atoms with van der Waals surface area (Å²) in [5.74, 6) is -0.761. The maximum Gasteiger partial charge on any atom is 0.410 e. The van der Waals surface area contributed by atoms with Crippen molar-refractivity contribution in [3.63, 3.8) is 0 Å². The maximum absolute atomic E-state index is 13.0. The highest BCUT2D eigenvalue weighted by atomic mass is 35.5. The number of aliphatic hydroxyl groups excluding tert-OH is 1. The number of fused-ring (bicyclic) bond motifs is 1. The molecule has 0 bridgehead atoms. The smallest absolute Gasteiger partial charge is 0.410 e. The number of carbonyl (C=O) groups excluding carboxylic acids is 2. The molecule has 0 aliphatic heterocycles. The monoisotopic (exact) mass is 585 g/mol. The number of rotatable bonds is 7. The van der Waals surface area contributed by atoms with E-state index >= 15 is 0 Å². The minimum absolute atomic E-state index is 0.00550. The van der Waals surface area contributed by atoms with Crippen LogP contribution in [0.2, 0.25) is 10.0 Å². The molecular weight excluding hydrogens is 553 g/mol. The van der Waals surface area contributed by atoms with Crippen LogP contribution in [0.25, 0.3) is 0 Å². The molecule has 0 saturated heterocycles. The zero-order valence-corrected chi connectivity index (χ0v) is 24.3. The molecule has 2 atom stereocenters. The van der Waals surface area contributed by atoms with Crippen LogP contribution >= 0.6 is 23.2 Å². The SMILES string of the molecule is CN(C(=O)OC(C)(C)C)[C@H]1CC[C@@H](c2ccc(Cl)c(Cl)c2)c2cc(C(=O)NCCO)c(NS(C)(=O)=O)cc21. The summed E-state index contributed by atoms with van der Waals surface area (Å²) in [7, 11) is -2.12. The van der Waals surface area contributed by atoms with Gasteiger partial charge in [0.05, 0.1) is 40.2 Å². The third-order valence-corrected chi connectivity index (χ3v) is 7.45. The molecule has 0 spiro atoms. The second kappa shape index (κ2) is 11.7. The van der Waals surface area contributed by atoms with Crippen molar-refractivity contribution < 1.29 is 27.9 Å². The first kappa shape index (κ1) is 30.0. The van der Waals surface area contributed by atoms with E-state index in [0.29, 0.717) is 28.5 Å². The molecule has 0 heterocycles. The molecule has 1 aliphatic rings. The summed E-state index contributed by atoms with van der Waals surface area (Å²) >= 11 is 12.5. The second-order valence-electron chi connectivity index (χ2n) is 10.3. The lowest BCUT2D eigenvalue weighted by Crippen LogP contribution is -2.38. The third-order valence-electron chi connectivity index (χ3n) is 6.12. The van der Waals surface area contributed by atoms with Crippen LogP contribution in [0.1, 0.15) is 72.6 Å². The van der Waals surface area contributed by atoms with Crippen molar-refractivity contribution in [1.29, 1.82) is 0 Å². The van der Waals surface area contributed by atoms with Gasteiger partial charge in [-0.15, -0.1) is 0 Å². The minimum Gasteiger partial charge on any atom is -0.444 e. The van der Waals surface area contributed by atoms with Crippen LogP contribution in [0, 0.1) is 0 Å². The first-order valence-electron chi connectivity index (χ1n) is 12.1. The van der Waals surface area contributed by atoms with Gasteiger partial charge in [0.2, 0.25) is 10.0 Å². The van der Waals surface area contributed by atoms with Crippen molar-refractivity contribution in [2.24, 2.45) is 0 Å². The van der Waals surface area contributed by atoms with E-state index in [4.69, 9.17) is 27.9 Å². The fourth-order valence-corrected chi connectivity index (χ4v) is 5.41. The summed E-state index contributed by atoms with van der Waals surface area (Å²) in [5.41, 5.74) is 1.73. The molecule has 3 N–H and O–H groups in total. The zero-order valence-electron chi connectivity index (χ0n) is 22.0. The maximum atomic E-state index is 13.0. The van der Waals surface area contributed by atoms with Gasteiger partial charge in [-0.1, -0.05) is 29.3 Å². The zero-order chi connectivity index (χ0) is 28.4. The highest BCUT2D eigenvalue weighted by Crippen LogP contribution is 2.46. The predicted octanol–water partition coefficient (Wildman–Crippen LogP) is 4.92. The lowest BCUT2D eigenvalue weighted by molar-refractivity contribution is 0.0202. The summed E-state index contributed by atoms with van der Waals surface area (Å²) in [5, 5.41) is 12.6. The summed E-state index contributed by atoms with van der Waals surface area (Å²) in [6.07, 6.45) is 1.62. The number of carbonyl (C=O) groups is 2. The average Bonchev–Trinajstić information content (AvgIpc) is 2.80. The molecule has 208 valence electrons. The van der Waals surface area contributed by atoms with Gasteiger partial charge in [0.15, 0.2) is 0 Å². The molecule has 3 rings (SSSR count). The first-order chi connectivity index (χ1) is 17.6. The van der Waals surface area contributed by atoms with Gasteiger partial charge < -0.3 is 20.1 Å². The second-order valence-corrected chi connectivity index (χ2v) is 12.9. The number of anilines is 1. The van der Waals surface area contributed by atoms with Gasteiger partial charge in [-0.2, -0.15) is 0 Å². The number of amides is 2. The van der Waals surface area contributed by atoms with Gasteiger partial charge in [-0.3, -0.25) is 9.52 Å². The Morgan fingerprint density at radius 1 is 1.11 bits per heavy atom.